The lowest BCUT2D eigenvalue weighted by molar-refractivity contribution is -0.0417. The van der Waals surface area contributed by atoms with Crippen LogP contribution in [0.3, 0.4) is 0 Å². The topological polar surface area (TPSA) is 42.2 Å². The van der Waals surface area contributed by atoms with Gasteiger partial charge in [-0.25, -0.2) is 0 Å². The Labute approximate surface area is 152 Å². The van der Waals surface area contributed by atoms with Crippen molar-refractivity contribution in [1.82, 2.24) is 0 Å². The summed E-state index contributed by atoms with van der Waals surface area (Å²) < 4.78 is 11.7. The lowest BCUT2D eigenvalue weighted by atomic mass is 9.99. The van der Waals surface area contributed by atoms with Crippen molar-refractivity contribution in [2.45, 2.75) is 51.7 Å². The highest BCUT2D eigenvalue weighted by Gasteiger charge is 2.23. The summed E-state index contributed by atoms with van der Waals surface area (Å²) in [6.07, 6.45) is 11.8. The number of terminal acetylenes is 1. The molecule has 0 aliphatic carbocycles. The molecule has 1 unspecified atom stereocenters. The summed E-state index contributed by atoms with van der Waals surface area (Å²) in [7, 11) is 1.61. The molecular weight excluding hydrogens is 310 g/mol. The Morgan fingerprint density at radius 2 is 2.16 bits per heavy atom. The zero-order valence-electron chi connectivity index (χ0n) is 15.6. The minimum absolute atomic E-state index is 0.104. The Hall–Kier alpha value is -2.49. The van der Waals surface area contributed by atoms with Crippen LogP contribution in [-0.4, -0.2) is 12.7 Å². The smallest absolute Gasteiger partial charge is 0.126 e. The molecule has 1 rings (SSSR count). The van der Waals surface area contributed by atoms with E-state index in [0.717, 1.165) is 30.4 Å². The maximum atomic E-state index is 9.08. The van der Waals surface area contributed by atoms with Crippen molar-refractivity contribution in [3.8, 4) is 24.2 Å². The van der Waals surface area contributed by atoms with Crippen LogP contribution in [0, 0.1) is 23.7 Å². The predicted molar refractivity (Wildman–Crippen MR) is 103 cm³/mol. The second kappa shape index (κ2) is 9.72. The molecular formula is C22H27NO2. The molecule has 3 nitrogen and oxygen atoms in total. The molecule has 1 aromatic rings. The summed E-state index contributed by atoms with van der Waals surface area (Å²) in [5.74, 6) is 3.38. The van der Waals surface area contributed by atoms with E-state index < -0.39 is 5.60 Å². The van der Waals surface area contributed by atoms with Crippen LogP contribution >= 0.6 is 0 Å². The first-order valence-electron chi connectivity index (χ1n) is 8.48. The number of allylic oxidation sites excluding steroid dienone is 2. The lowest BCUT2D eigenvalue weighted by Gasteiger charge is -2.27. The Balaban J connectivity index is 3.24. The third-order valence-electron chi connectivity index (χ3n) is 3.89. The monoisotopic (exact) mass is 337 g/mol. The first kappa shape index (κ1) is 20.6. The van der Waals surface area contributed by atoms with E-state index in [-0.39, 0.29) is 6.10 Å². The van der Waals surface area contributed by atoms with Crippen LogP contribution < -0.4 is 4.74 Å². The number of nitrogens with zero attached hydrogens (tertiary/aromatic N) is 1. The molecule has 0 spiro atoms. The quantitative estimate of drug-likeness (QED) is 0.342. The summed E-state index contributed by atoms with van der Waals surface area (Å²) in [5, 5.41) is 9.08. The number of hydrogen-bond donors (Lipinski definition) is 0. The van der Waals surface area contributed by atoms with E-state index in [1.54, 1.807) is 13.2 Å². The average Bonchev–Trinajstić information content (AvgIpc) is 2.63. The maximum absolute atomic E-state index is 9.08. The second-order valence-corrected chi connectivity index (χ2v) is 6.32. The summed E-state index contributed by atoms with van der Waals surface area (Å²) >= 11 is 0. The van der Waals surface area contributed by atoms with E-state index in [1.165, 1.54) is 6.08 Å². The van der Waals surface area contributed by atoms with Gasteiger partial charge in [0.25, 0.3) is 0 Å². The third kappa shape index (κ3) is 6.14. The number of hydrogen-bond acceptors (Lipinski definition) is 3. The minimum atomic E-state index is -0.638. The van der Waals surface area contributed by atoms with Gasteiger partial charge < -0.3 is 9.47 Å². The van der Waals surface area contributed by atoms with Crippen molar-refractivity contribution < 1.29 is 9.47 Å². The molecule has 0 aliphatic rings. The van der Waals surface area contributed by atoms with E-state index in [2.05, 4.69) is 25.5 Å². The molecule has 0 radical (unpaired) electrons. The fourth-order valence-corrected chi connectivity index (χ4v) is 2.42. The van der Waals surface area contributed by atoms with Crippen LogP contribution in [0.2, 0.25) is 0 Å². The molecule has 1 atom stereocenters. The Morgan fingerprint density at radius 1 is 1.44 bits per heavy atom. The van der Waals surface area contributed by atoms with Crippen LogP contribution in [-0.2, 0) is 4.74 Å². The van der Waals surface area contributed by atoms with E-state index in [9.17, 15) is 0 Å². The molecule has 25 heavy (non-hydrogen) atoms. The van der Waals surface area contributed by atoms with Crippen LogP contribution in [0.25, 0.3) is 6.08 Å². The third-order valence-corrected chi connectivity index (χ3v) is 3.89. The molecule has 3 heteroatoms. The van der Waals surface area contributed by atoms with Gasteiger partial charge in [-0.3, -0.25) is 0 Å². The van der Waals surface area contributed by atoms with Crippen LogP contribution in [0.4, 0.5) is 0 Å². The number of methoxy groups -OCH3 is 1. The molecule has 0 N–H and O–H groups in total. The fourth-order valence-electron chi connectivity index (χ4n) is 2.42. The van der Waals surface area contributed by atoms with Gasteiger partial charge in [0.2, 0.25) is 0 Å². The first-order chi connectivity index (χ1) is 11.9. The number of benzene rings is 1. The Kier molecular flexibility index (Phi) is 7.99. The van der Waals surface area contributed by atoms with Gasteiger partial charge >= 0.3 is 0 Å². The minimum Gasteiger partial charge on any atom is -0.496 e. The number of unbranched alkanes of at least 4 members (excludes halogenated alkanes) is 1. The van der Waals surface area contributed by atoms with E-state index in [0.29, 0.717) is 11.3 Å². The highest BCUT2D eigenvalue weighted by Crippen LogP contribution is 2.33. The van der Waals surface area contributed by atoms with Crippen molar-refractivity contribution >= 4 is 6.08 Å². The van der Waals surface area contributed by atoms with Crippen LogP contribution in [0.1, 0.15) is 57.3 Å². The molecule has 0 amide bonds. The van der Waals surface area contributed by atoms with E-state index in [4.69, 9.17) is 21.2 Å². The lowest BCUT2D eigenvalue weighted by Crippen LogP contribution is -2.25. The van der Waals surface area contributed by atoms with E-state index >= 15 is 0 Å². The van der Waals surface area contributed by atoms with Gasteiger partial charge in [-0.1, -0.05) is 50.5 Å². The van der Waals surface area contributed by atoms with Gasteiger partial charge in [0.15, 0.2) is 0 Å². The molecule has 0 aliphatic heterocycles. The van der Waals surface area contributed by atoms with Gasteiger partial charge in [-0.05, 0) is 38.0 Å². The molecule has 0 saturated carbocycles. The zero-order chi connectivity index (χ0) is 18.9. The highest BCUT2D eigenvalue weighted by molar-refractivity contribution is 5.65. The number of nitriles is 1. The molecule has 0 saturated heterocycles. The molecule has 0 aromatic heterocycles. The Bertz CT molecular complexity index is 702. The van der Waals surface area contributed by atoms with Crippen molar-refractivity contribution in [3.63, 3.8) is 0 Å². The number of rotatable bonds is 9. The van der Waals surface area contributed by atoms with Crippen LogP contribution in [0.5, 0.6) is 5.75 Å². The van der Waals surface area contributed by atoms with Gasteiger partial charge in [-0.15, -0.1) is 6.42 Å². The van der Waals surface area contributed by atoms with Crippen molar-refractivity contribution in [2.24, 2.45) is 0 Å². The molecule has 0 bridgehead atoms. The molecule has 132 valence electrons. The standard InChI is InChI=1S/C22H27NO2/c1-7-10-11-20(25-22(4,5)9-3)19-13-12-18(21(15-19)24-6)14-17(8-2)16-23/h3,8,12-15,20H,2,7,10-11H2,1,4-6H3/b17-14+. The van der Waals surface area contributed by atoms with Crippen molar-refractivity contribution in [2.75, 3.05) is 7.11 Å². The predicted octanol–water partition coefficient (Wildman–Crippen LogP) is 5.45. The van der Waals surface area contributed by atoms with Gasteiger partial charge in [-0.2, -0.15) is 5.26 Å². The van der Waals surface area contributed by atoms with Crippen molar-refractivity contribution in [3.05, 3.63) is 47.6 Å². The molecule has 1 aromatic carbocycles. The van der Waals surface area contributed by atoms with Gasteiger partial charge in [0, 0.05) is 5.56 Å². The molecule has 0 fully saturated rings. The molecule has 0 heterocycles. The fraction of sp³-hybridized carbons (Fsp3) is 0.409. The summed E-state index contributed by atoms with van der Waals surface area (Å²) in [6, 6.07) is 7.98. The Morgan fingerprint density at radius 3 is 2.68 bits per heavy atom. The zero-order valence-corrected chi connectivity index (χ0v) is 15.6. The van der Waals surface area contributed by atoms with E-state index in [1.807, 2.05) is 32.0 Å². The number of ether oxygens (including phenoxy) is 2. The van der Waals surface area contributed by atoms with Crippen molar-refractivity contribution in [1.29, 1.82) is 5.26 Å². The SMILES string of the molecule is C#CC(C)(C)OC(CCCC)c1ccc(/C=C(/C#N)C=C)c(OC)c1. The van der Waals surface area contributed by atoms with Gasteiger partial charge in [0.1, 0.15) is 11.4 Å². The summed E-state index contributed by atoms with van der Waals surface area (Å²) in [5.41, 5.74) is 1.69. The largest absolute Gasteiger partial charge is 0.496 e. The maximum Gasteiger partial charge on any atom is 0.126 e. The summed E-state index contributed by atoms with van der Waals surface area (Å²) in [4.78, 5) is 0. The first-order valence-corrected chi connectivity index (χ1v) is 8.48. The average molecular weight is 337 g/mol. The van der Waals surface area contributed by atoms with Gasteiger partial charge in [0.05, 0.1) is 24.9 Å². The second-order valence-electron chi connectivity index (χ2n) is 6.32. The van der Waals surface area contributed by atoms with Crippen LogP contribution in [0.15, 0.2) is 36.4 Å². The normalized spacial score (nSPS) is 12.8. The summed E-state index contributed by atoms with van der Waals surface area (Å²) in [6.45, 7) is 9.58. The highest BCUT2D eigenvalue weighted by atomic mass is 16.5.